The molecule has 0 bridgehead atoms. The van der Waals surface area contributed by atoms with Gasteiger partial charge in [0.05, 0.1) is 17.4 Å². The lowest BCUT2D eigenvalue weighted by atomic mass is 9.78. The van der Waals surface area contributed by atoms with Crippen molar-refractivity contribution < 1.29 is 18.5 Å². The molecule has 2 aromatic carbocycles. The summed E-state index contributed by atoms with van der Waals surface area (Å²) in [5.41, 5.74) is 1.68. The summed E-state index contributed by atoms with van der Waals surface area (Å²) in [5, 5.41) is 0. The fourth-order valence-corrected chi connectivity index (χ4v) is 3.27. The van der Waals surface area contributed by atoms with E-state index in [1.807, 2.05) is 76.2 Å². The van der Waals surface area contributed by atoms with Crippen LogP contribution in [0, 0.1) is 0 Å². The highest BCUT2D eigenvalue weighted by atomic mass is 16.7. The van der Waals surface area contributed by atoms with E-state index in [4.69, 9.17) is 18.5 Å². The molecule has 0 saturated carbocycles. The molecule has 0 radical (unpaired) electrons. The van der Waals surface area contributed by atoms with Crippen molar-refractivity contribution in [3.8, 4) is 17.1 Å². The summed E-state index contributed by atoms with van der Waals surface area (Å²) in [5.74, 6) is 0.695. The van der Waals surface area contributed by atoms with Crippen molar-refractivity contribution in [1.82, 2.24) is 4.57 Å². The van der Waals surface area contributed by atoms with Gasteiger partial charge in [0.2, 0.25) is 0 Å². The number of aromatic nitrogens is 1. The number of oxazole rings is 1. The van der Waals surface area contributed by atoms with Crippen LogP contribution in [0.1, 0.15) is 33.3 Å². The van der Waals surface area contributed by atoms with Crippen LogP contribution in [0.15, 0.2) is 63.9 Å². The van der Waals surface area contributed by atoms with E-state index in [0.717, 1.165) is 16.6 Å². The number of benzene rings is 2. The van der Waals surface area contributed by atoms with E-state index in [1.54, 1.807) is 13.2 Å². The van der Waals surface area contributed by atoms with Gasteiger partial charge >= 0.3 is 12.9 Å². The molecule has 4 rings (SSSR count). The molecule has 0 spiro atoms. The van der Waals surface area contributed by atoms with Crippen LogP contribution in [0.5, 0.6) is 5.75 Å². The van der Waals surface area contributed by atoms with Crippen molar-refractivity contribution in [2.24, 2.45) is 7.05 Å². The van der Waals surface area contributed by atoms with E-state index in [-0.39, 0.29) is 0 Å². The Morgan fingerprint density at radius 2 is 1.67 bits per heavy atom. The maximum atomic E-state index is 11.8. The largest absolute Gasteiger partial charge is 0.498 e. The minimum absolute atomic E-state index is 0.398. The predicted molar refractivity (Wildman–Crippen MR) is 116 cm³/mol. The van der Waals surface area contributed by atoms with E-state index in [1.165, 1.54) is 4.57 Å². The summed E-state index contributed by atoms with van der Waals surface area (Å²) < 4.78 is 25.4. The molecule has 0 atom stereocenters. The van der Waals surface area contributed by atoms with Gasteiger partial charge in [0.25, 0.3) is 0 Å². The second-order valence-corrected chi connectivity index (χ2v) is 8.59. The van der Waals surface area contributed by atoms with Crippen molar-refractivity contribution in [3.05, 3.63) is 70.8 Å². The predicted octanol–water partition coefficient (Wildman–Crippen LogP) is 3.52. The van der Waals surface area contributed by atoms with Gasteiger partial charge in [-0.3, -0.25) is 4.57 Å². The van der Waals surface area contributed by atoms with E-state index in [2.05, 4.69) is 0 Å². The third-order valence-corrected chi connectivity index (χ3v) is 5.84. The maximum Gasteiger partial charge on any atom is 0.498 e. The highest BCUT2D eigenvalue weighted by Crippen LogP contribution is 2.37. The molecule has 3 aromatic rings. The van der Waals surface area contributed by atoms with Crippen LogP contribution in [0.4, 0.5) is 0 Å². The zero-order chi connectivity index (χ0) is 21.5. The second kappa shape index (κ2) is 7.49. The summed E-state index contributed by atoms with van der Waals surface area (Å²) in [6.45, 7) is 8.47. The highest BCUT2D eigenvalue weighted by Gasteiger charge is 2.52. The zero-order valence-corrected chi connectivity index (χ0v) is 18.0. The number of hydrogen-bond donors (Lipinski definition) is 0. The number of nitrogens with zero attached hydrogens (tertiary/aromatic N) is 1. The number of aryl methyl sites for hydroxylation is 1. The van der Waals surface area contributed by atoms with Crippen molar-refractivity contribution in [2.45, 2.75) is 45.5 Å². The van der Waals surface area contributed by atoms with Gasteiger partial charge in [0.1, 0.15) is 12.4 Å². The lowest BCUT2D eigenvalue weighted by molar-refractivity contribution is 0.00578. The summed E-state index contributed by atoms with van der Waals surface area (Å²) >= 11 is 0. The van der Waals surface area contributed by atoms with Crippen LogP contribution in [0.3, 0.4) is 0 Å². The third kappa shape index (κ3) is 3.83. The molecule has 1 aliphatic heterocycles. The highest BCUT2D eigenvalue weighted by molar-refractivity contribution is 6.63. The smallest absolute Gasteiger partial charge is 0.489 e. The van der Waals surface area contributed by atoms with Gasteiger partial charge in [0.15, 0.2) is 5.76 Å². The van der Waals surface area contributed by atoms with Crippen molar-refractivity contribution in [3.63, 3.8) is 0 Å². The fourth-order valence-electron chi connectivity index (χ4n) is 3.27. The Hall–Kier alpha value is -2.77. The number of hydrogen-bond acceptors (Lipinski definition) is 5. The first-order valence-electron chi connectivity index (χ1n) is 9.99. The molecule has 30 heavy (non-hydrogen) atoms. The molecule has 0 aliphatic carbocycles. The average Bonchev–Trinajstić information content (AvgIpc) is 3.15. The standard InChI is InChI=1S/C23H26BNO5/c1-22(2)23(3,4)30-24(29-22)18-12-11-17(20-14-25(5)21(26)28-20)13-19(18)27-15-16-9-7-6-8-10-16/h6-14H,15H2,1-5H3. The van der Waals surface area contributed by atoms with Gasteiger partial charge in [-0.25, -0.2) is 4.79 Å². The van der Waals surface area contributed by atoms with Gasteiger partial charge in [0, 0.05) is 18.1 Å². The van der Waals surface area contributed by atoms with E-state index in [9.17, 15) is 4.79 Å². The summed E-state index contributed by atoms with van der Waals surface area (Å²) in [6, 6.07) is 15.6. The van der Waals surface area contributed by atoms with Gasteiger partial charge in [-0.2, -0.15) is 0 Å². The van der Waals surface area contributed by atoms with Gasteiger partial charge in [-0.15, -0.1) is 0 Å². The lowest BCUT2D eigenvalue weighted by Crippen LogP contribution is -2.41. The molecule has 7 heteroatoms. The molecule has 6 nitrogen and oxygen atoms in total. The minimum Gasteiger partial charge on any atom is -0.489 e. The van der Waals surface area contributed by atoms with Crippen LogP contribution < -0.4 is 16.0 Å². The van der Waals surface area contributed by atoms with Crippen LogP contribution >= 0.6 is 0 Å². The van der Waals surface area contributed by atoms with Crippen LogP contribution in [-0.4, -0.2) is 22.9 Å². The van der Waals surface area contributed by atoms with Gasteiger partial charge < -0.3 is 18.5 Å². The molecular formula is C23H26BNO5. The molecule has 1 saturated heterocycles. The Morgan fingerprint density at radius 1 is 1.00 bits per heavy atom. The molecule has 0 amide bonds. The molecule has 1 fully saturated rings. The quantitative estimate of drug-likeness (QED) is 0.606. The zero-order valence-electron chi connectivity index (χ0n) is 18.0. The molecule has 1 aliphatic rings. The molecule has 2 heterocycles. The first-order valence-corrected chi connectivity index (χ1v) is 9.99. The van der Waals surface area contributed by atoms with Crippen LogP contribution in [0.2, 0.25) is 0 Å². The first-order chi connectivity index (χ1) is 14.2. The number of ether oxygens (including phenoxy) is 1. The van der Waals surface area contributed by atoms with E-state index in [0.29, 0.717) is 18.1 Å². The third-order valence-electron chi connectivity index (χ3n) is 5.84. The van der Waals surface area contributed by atoms with E-state index >= 15 is 0 Å². The summed E-state index contributed by atoms with van der Waals surface area (Å²) in [6.07, 6.45) is 1.66. The Balaban J connectivity index is 1.70. The van der Waals surface area contributed by atoms with Crippen LogP contribution in [0.25, 0.3) is 11.3 Å². The molecule has 0 N–H and O–H groups in total. The van der Waals surface area contributed by atoms with Gasteiger partial charge in [-0.05, 0) is 39.3 Å². The first kappa shape index (κ1) is 20.5. The molecule has 0 unspecified atom stereocenters. The normalized spacial score (nSPS) is 17.3. The number of rotatable bonds is 5. The minimum atomic E-state index is -0.558. The Bertz CT molecular complexity index is 1080. The van der Waals surface area contributed by atoms with E-state index < -0.39 is 24.1 Å². The van der Waals surface area contributed by atoms with Crippen molar-refractivity contribution in [1.29, 1.82) is 0 Å². The monoisotopic (exact) mass is 407 g/mol. The second-order valence-electron chi connectivity index (χ2n) is 8.59. The molecular weight excluding hydrogens is 381 g/mol. The van der Waals surface area contributed by atoms with Crippen molar-refractivity contribution in [2.75, 3.05) is 0 Å². The maximum absolute atomic E-state index is 11.8. The lowest BCUT2D eigenvalue weighted by Gasteiger charge is -2.32. The Labute approximate surface area is 176 Å². The van der Waals surface area contributed by atoms with Crippen molar-refractivity contribution >= 4 is 12.6 Å². The Kier molecular flexibility index (Phi) is 5.12. The Morgan fingerprint density at radius 3 is 2.27 bits per heavy atom. The summed E-state index contributed by atoms with van der Waals surface area (Å²) in [4.78, 5) is 11.8. The topological polar surface area (TPSA) is 62.8 Å². The average molecular weight is 407 g/mol. The molecule has 1 aromatic heterocycles. The fraction of sp³-hybridized carbons (Fsp3) is 0.348. The van der Waals surface area contributed by atoms with Gasteiger partial charge in [-0.1, -0.05) is 42.5 Å². The molecule has 156 valence electrons. The SMILES string of the molecule is Cn1cc(-c2ccc(B3OC(C)(C)C(C)(C)O3)c(OCc3ccccc3)c2)oc1=O. The van der Waals surface area contributed by atoms with Crippen LogP contribution in [-0.2, 0) is 23.0 Å². The summed E-state index contributed by atoms with van der Waals surface area (Å²) in [7, 11) is 1.10.